The maximum absolute atomic E-state index is 11.8. The van der Waals surface area contributed by atoms with Gasteiger partial charge < -0.3 is 14.8 Å². The summed E-state index contributed by atoms with van der Waals surface area (Å²) in [4.78, 5) is 11.8. The van der Waals surface area contributed by atoms with E-state index in [0.717, 1.165) is 18.2 Å². The zero-order valence-corrected chi connectivity index (χ0v) is 15.4. The number of rotatable bonds is 7. The van der Waals surface area contributed by atoms with E-state index in [1.54, 1.807) is 0 Å². The van der Waals surface area contributed by atoms with Gasteiger partial charge in [0.05, 0.1) is 6.61 Å². The first-order valence-electron chi connectivity index (χ1n) is 6.88. The van der Waals surface area contributed by atoms with Crippen LogP contribution in [0.15, 0.2) is 0 Å². The van der Waals surface area contributed by atoms with Crippen LogP contribution in [0.2, 0.25) is 0 Å². The third-order valence-corrected chi connectivity index (χ3v) is 3.17. The molecule has 1 unspecified atom stereocenters. The van der Waals surface area contributed by atoms with Crippen molar-refractivity contribution in [3.05, 3.63) is 0 Å². The largest absolute Gasteiger partial charge is 0.485 e. The van der Waals surface area contributed by atoms with Gasteiger partial charge in [-0.25, -0.2) is 4.79 Å². The number of carbonyl (C=O) groups is 1. The highest BCUT2D eigenvalue weighted by atomic mass is 79.9. The lowest BCUT2D eigenvalue weighted by molar-refractivity contribution is 0.0509. The fraction of sp³-hybridized carbons (Fsp3) is 0.857. The third-order valence-electron chi connectivity index (χ3n) is 2.20. The van der Waals surface area contributed by atoms with Crippen LogP contribution in [0.4, 0.5) is 4.79 Å². The Bertz CT molecular complexity index is 316. The van der Waals surface area contributed by atoms with Crippen molar-refractivity contribution in [2.75, 3.05) is 11.9 Å². The average Bonchev–Trinajstić information content (AvgIpc) is 2.25. The minimum absolute atomic E-state index is 0.296. The number of hydrogen-bond acceptors (Lipinski definition) is 4. The van der Waals surface area contributed by atoms with E-state index >= 15 is 0 Å². The Morgan fingerprint density at radius 1 is 1.35 bits per heavy atom. The highest BCUT2D eigenvalue weighted by molar-refractivity contribution is 9.09. The molecule has 0 aliphatic rings. The smallest absolute Gasteiger partial charge is 0.408 e. The Hall–Kier alpha value is -0.360. The molecule has 0 fully saturated rings. The first kappa shape index (κ1) is 19.6. The van der Waals surface area contributed by atoms with Crippen LogP contribution in [-0.2, 0) is 9.47 Å². The summed E-state index contributed by atoms with van der Waals surface area (Å²) in [5, 5.41) is 4.08. The molecule has 0 saturated carbocycles. The molecule has 0 aromatic carbocycles. The molecular weight excluding hydrogens is 342 g/mol. The van der Waals surface area contributed by atoms with Gasteiger partial charge in [-0.2, -0.15) is 0 Å². The van der Waals surface area contributed by atoms with Crippen LogP contribution >= 0.6 is 28.1 Å². The summed E-state index contributed by atoms with van der Waals surface area (Å²) >= 11 is 8.60. The number of carbonyl (C=O) groups excluding carboxylic acids is 1. The molecule has 1 N–H and O–H groups in total. The number of thiocarbonyl (C=S) groups is 1. The Labute approximate surface area is 136 Å². The van der Waals surface area contributed by atoms with E-state index in [2.05, 4.69) is 35.1 Å². The van der Waals surface area contributed by atoms with Gasteiger partial charge in [0.1, 0.15) is 11.6 Å². The quantitative estimate of drug-likeness (QED) is 0.418. The molecule has 4 nitrogen and oxygen atoms in total. The van der Waals surface area contributed by atoms with Crippen LogP contribution in [0.5, 0.6) is 0 Å². The van der Waals surface area contributed by atoms with Crippen LogP contribution in [0.1, 0.15) is 47.5 Å². The second-order valence-corrected chi connectivity index (χ2v) is 7.23. The normalized spacial score (nSPS) is 12.9. The van der Waals surface area contributed by atoms with Crippen LogP contribution < -0.4 is 5.32 Å². The van der Waals surface area contributed by atoms with E-state index < -0.39 is 11.7 Å². The fourth-order valence-corrected chi connectivity index (χ4v) is 1.93. The Morgan fingerprint density at radius 3 is 2.40 bits per heavy atom. The van der Waals surface area contributed by atoms with Crippen molar-refractivity contribution in [1.82, 2.24) is 5.32 Å². The first-order valence-corrected chi connectivity index (χ1v) is 8.40. The predicted octanol–water partition coefficient (Wildman–Crippen LogP) is 4.05. The number of alkyl halides is 1. The summed E-state index contributed by atoms with van der Waals surface area (Å²) in [7, 11) is 0. The van der Waals surface area contributed by atoms with Crippen molar-refractivity contribution >= 4 is 39.3 Å². The Morgan fingerprint density at radius 2 is 1.95 bits per heavy atom. The second kappa shape index (κ2) is 9.55. The minimum Gasteiger partial charge on any atom is -0.485 e. The summed E-state index contributed by atoms with van der Waals surface area (Å²) < 4.78 is 10.8. The summed E-state index contributed by atoms with van der Waals surface area (Å²) in [6.07, 6.45) is 1.14. The molecule has 0 aliphatic heterocycles. The summed E-state index contributed by atoms with van der Waals surface area (Å²) in [5.41, 5.74) is -0.523. The number of amides is 1. The van der Waals surface area contributed by atoms with Gasteiger partial charge in [-0.15, -0.1) is 0 Å². The monoisotopic (exact) mass is 367 g/mol. The number of hydrogen-bond donors (Lipinski definition) is 1. The molecule has 0 heterocycles. The zero-order valence-electron chi connectivity index (χ0n) is 13.0. The highest BCUT2D eigenvalue weighted by Gasteiger charge is 2.23. The number of halogens is 1. The molecule has 0 spiro atoms. The van der Waals surface area contributed by atoms with E-state index in [-0.39, 0.29) is 6.04 Å². The summed E-state index contributed by atoms with van der Waals surface area (Å²) in [6, 6.07) is -0.296. The summed E-state index contributed by atoms with van der Waals surface area (Å²) in [5.74, 6) is 0.396. The topological polar surface area (TPSA) is 47.6 Å². The second-order valence-electron chi connectivity index (χ2n) is 6.04. The van der Waals surface area contributed by atoms with Gasteiger partial charge in [0.25, 0.3) is 0 Å². The molecule has 0 saturated heterocycles. The van der Waals surface area contributed by atoms with Gasteiger partial charge >= 0.3 is 6.09 Å². The number of alkyl carbamates (subject to hydrolysis) is 1. The molecule has 0 aromatic rings. The van der Waals surface area contributed by atoms with E-state index in [4.69, 9.17) is 21.7 Å². The standard InChI is InChI=1S/C14H26BrNO3S/c1-10(2)9-11(12(20)18-8-6-7-15)16-13(17)19-14(3,4)5/h10-11H,6-9H2,1-5H3,(H,16,17). The van der Waals surface area contributed by atoms with E-state index in [0.29, 0.717) is 17.6 Å². The van der Waals surface area contributed by atoms with Crippen molar-refractivity contribution in [3.8, 4) is 0 Å². The molecule has 0 radical (unpaired) electrons. The van der Waals surface area contributed by atoms with Crippen molar-refractivity contribution < 1.29 is 14.3 Å². The molecule has 1 atom stereocenters. The van der Waals surface area contributed by atoms with E-state index in [1.165, 1.54) is 0 Å². The van der Waals surface area contributed by atoms with Gasteiger partial charge in [-0.3, -0.25) is 0 Å². The number of nitrogens with one attached hydrogen (secondary N) is 1. The van der Waals surface area contributed by atoms with Crippen molar-refractivity contribution in [2.45, 2.75) is 59.1 Å². The third kappa shape index (κ3) is 10.4. The molecule has 0 bridgehead atoms. The van der Waals surface area contributed by atoms with Crippen molar-refractivity contribution in [1.29, 1.82) is 0 Å². The van der Waals surface area contributed by atoms with Crippen molar-refractivity contribution in [2.24, 2.45) is 5.92 Å². The maximum Gasteiger partial charge on any atom is 0.408 e. The van der Waals surface area contributed by atoms with E-state index in [1.807, 2.05) is 20.8 Å². The van der Waals surface area contributed by atoms with Crippen LogP contribution in [0, 0.1) is 5.92 Å². The maximum atomic E-state index is 11.8. The predicted molar refractivity (Wildman–Crippen MR) is 89.6 cm³/mol. The lowest BCUT2D eigenvalue weighted by Gasteiger charge is -2.25. The van der Waals surface area contributed by atoms with Crippen LogP contribution in [0.3, 0.4) is 0 Å². The molecule has 20 heavy (non-hydrogen) atoms. The van der Waals surface area contributed by atoms with Crippen molar-refractivity contribution in [3.63, 3.8) is 0 Å². The van der Waals surface area contributed by atoms with Crippen LogP contribution in [-0.4, -0.2) is 34.7 Å². The molecular formula is C14H26BrNO3S. The lowest BCUT2D eigenvalue weighted by Crippen LogP contribution is -2.44. The number of ether oxygens (including phenoxy) is 2. The SMILES string of the molecule is CC(C)CC(NC(=O)OC(C)(C)C)C(=S)OCCCBr. The molecule has 6 heteroatoms. The molecule has 0 rings (SSSR count). The van der Waals surface area contributed by atoms with E-state index in [9.17, 15) is 4.79 Å². The lowest BCUT2D eigenvalue weighted by atomic mass is 10.0. The Kier molecular flexibility index (Phi) is 9.38. The molecule has 118 valence electrons. The average molecular weight is 368 g/mol. The highest BCUT2D eigenvalue weighted by Crippen LogP contribution is 2.11. The fourth-order valence-electron chi connectivity index (χ4n) is 1.46. The van der Waals surface area contributed by atoms with Gasteiger partial charge in [0.2, 0.25) is 0 Å². The molecule has 0 aliphatic carbocycles. The van der Waals surface area contributed by atoms with Gasteiger partial charge in [0.15, 0.2) is 5.05 Å². The van der Waals surface area contributed by atoms with Gasteiger partial charge in [-0.1, -0.05) is 29.8 Å². The molecule has 1 amide bonds. The first-order chi connectivity index (χ1) is 9.15. The van der Waals surface area contributed by atoms with Crippen LogP contribution in [0.25, 0.3) is 0 Å². The molecule has 0 aromatic heterocycles. The zero-order chi connectivity index (χ0) is 15.8. The van der Waals surface area contributed by atoms with Gasteiger partial charge in [0, 0.05) is 5.33 Å². The van der Waals surface area contributed by atoms with Gasteiger partial charge in [-0.05, 0) is 51.7 Å². The minimum atomic E-state index is -0.523. The summed E-state index contributed by atoms with van der Waals surface area (Å²) in [6.45, 7) is 10.2. The Balaban J connectivity index is 4.47.